The van der Waals surface area contributed by atoms with Gasteiger partial charge in [0.05, 0.1) is 5.92 Å². The molecule has 1 amide bonds. The predicted octanol–water partition coefficient (Wildman–Crippen LogP) is 5.33. The summed E-state index contributed by atoms with van der Waals surface area (Å²) in [4.78, 5) is 27.6. The van der Waals surface area contributed by atoms with Crippen molar-refractivity contribution in [3.63, 3.8) is 0 Å². The third-order valence-electron chi connectivity index (χ3n) is 7.83. The van der Waals surface area contributed by atoms with Gasteiger partial charge in [-0.15, -0.1) is 0 Å². The maximum atomic E-state index is 12.8. The van der Waals surface area contributed by atoms with Crippen molar-refractivity contribution in [2.45, 2.75) is 51.4 Å². The van der Waals surface area contributed by atoms with Crippen LogP contribution in [0.5, 0.6) is 0 Å². The number of hydrogen-bond donors (Lipinski definition) is 1. The molecular weight excluding hydrogens is 396 g/mol. The molecule has 1 saturated carbocycles. The van der Waals surface area contributed by atoms with Crippen LogP contribution in [0, 0.1) is 17.8 Å². The van der Waals surface area contributed by atoms with E-state index < -0.39 is 0 Å². The van der Waals surface area contributed by atoms with Crippen LogP contribution < -0.4 is 5.32 Å². The maximum absolute atomic E-state index is 12.8. The molecule has 6 rings (SSSR count). The summed E-state index contributed by atoms with van der Waals surface area (Å²) in [6, 6.07) is 16.5. The summed E-state index contributed by atoms with van der Waals surface area (Å²) in [6.45, 7) is 3.21. The van der Waals surface area contributed by atoms with Crippen molar-refractivity contribution >= 4 is 17.4 Å². The van der Waals surface area contributed by atoms with Crippen molar-refractivity contribution in [2.75, 3.05) is 25.0 Å². The number of rotatable bonds is 7. The minimum atomic E-state index is 0.126. The first-order valence-electron chi connectivity index (χ1n) is 12.4. The molecule has 1 N–H and O–H groups in total. The van der Waals surface area contributed by atoms with E-state index in [1.54, 1.807) is 0 Å². The summed E-state index contributed by atoms with van der Waals surface area (Å²) in [5.41, 5.74) is 4.21. The maximum Gasteiger partial charge on any atom is 0.229 e. The number of piperidine rings is 3. The Kier molecular flexibility index (Phi) is 6.40. The van der Waals surface area contributed by atoms with E-state index in [1.165, 1.54) is 25.7 Å². The number of fused-ring (bicyclic) bond motifs is 3. The van der Waals surface area contributed by atoms with E-state index in [0.717, 1.165) is 61.3 Å². The molecule has 4 fully saturated rings. The van der Waals surface area contributed by atoms with Crippen LogP contribution in [-0.2, 0) is 16.0 Å². The molecule has 4 nitrogen and oxygen atoms in total. The van der Waals surface area contributed by atoms with E-state index in [4.69, 9.17) is 0 Å². The van der Waals surface area contributed by atoms with Gasteiger partial charge in [-0.05, 0) is 66.6 Å². The minimum Gasteiger partial charge on any atom is -0.326 e. The van der Waals surface area contributed by atoms with Gasteiger partial charge in [0, 0.05) is 25.1 Å². The number of anilines is 1. The molecule has 2 aromatic rings. The van der Waals surface area contributed by atoms with Crippen LogP contribution in [0.2, 0.25) is 0 Å². The molecule has 0 aromatic heterocycles. The van der Waals surface area contributed by atoms with Gasteiger partial charge in [-0.25, -0.2) is 0 Å². The Hall–Kier alpha value is -2.46. The summed E-state index contributed by atoms with van der Waals surface area (Å²) in [7, 11) is 0. The van der Waals surface area contributed by atoms with Crippen LogP contribution >= 0.6 is 0 Å². The Balaban J connectivity index is 1.16. The van der Waals surface area contributed by atoms with Gasteiger partial charge in [-0.2, -0.15) is 0 Å². The second-order valence-corrected chi connectivity index (χ2v) is 10.1. The van der Waals surface area contributed by atoms with E-state index in [0.29, 0.717) is 24.0 Å². The predicted molar refractivity (Wildman–Crippen MR) is 128 cm³/mol. The first kappa shape index (κ1) is 21.4. The van der Waals surface area contributed by atoms with Crippen molar-refractivity contribution in [3.8, 4) is 11.1 Å². The van der Waals surface area contributed by atoms with Crippen LogP contribution in [-0.4, -0.2) is 36.2 Å². The molecule has 2 bridgehead atoms. The molecule has 1 atom stereocenters. The number of carbonyl (C=O) groups is 2. The quantitative estimate of drug-likeness (QED) is 0.646. The van der Waals surface area contributed by atoms with Gasteiger partial charge in [-0.1, -0.05) is 62.1 Å². The van der Waals surface area contributed by atoms with E-state index in [9.17, 15) is 9.59 Å². The number of hydrogen-bond acceptors (Lipinski definition) is 3. The smallest absolute Gasteiger partial charge is 0.229 e. The average molecular weight is 431 g/mol. The van der Waals surface area contributed by atoms with E-state index in [2.05, 4.69) is 46.6 Å². The molecular formula is C28H34N2O2. The van der Waals surface area contributed by atoms with Crippen molar-refractivity contribution in [2.24, 2.45) is 17.8 Å². The van der Waals surface area contributed by atoms with Crippen LogP contribution in [0.15, 0.2) is 48.5 Å². The highest BCUT2D eigenvalue weighted by molar-refractivity contribution is 5.93. The Bertz CT molecular complexity index is 936. The number of benzene rings is 2. The molecule has 1 aliphatic carbocycles. The zero-order valence-corrected chi connectivity index (χ0v) is 18.9. The molecule has 3 aliphatic heterocycles. The molecule has 168 valence electrons. The zero-order valence-electron chi connectivity index (χ0n) is 18.9. The summed E-state index contributed by atoms with van der Waals surface area (Å²) >= 11 is 0. The molecule has 0 unspecified atom stereocenters. The monoisotopic (exact) mass is 430 g/mol. The second kappa shape index (κ2) is 9.58. The lowest BCUT2D eigenvalue weighted by Crippen LogP contribution is -2.51. The number of nitrogens with zero attached hydrogens (tertiary/aromatic N) is 1. The van der Waals surface area contributed by atoms with Gasteiger partial charge in [0.1, 0.15) is 5.78 Å². The number of nitrogens with one attached hydrogen (secondary N) is 1. The van der Waals surface area contributed by atoms with Gasteiger partial charge >= 0.3 is 0 Å². The van der Waals surface area contributed by atoms with Gasteiger partial charge < -0.3 is 10.2 Å². The van der Waals surface area contributed by atoms with E-state index in [-0.39, 0.29) is 11.8 Å². The number of carbonyl (C=O) groups excluding carboxylic acids is 2. The average Bonchev–Trinajstić information content (AvgIpc) is 3.34. The highest BCUT2D eigenvalue weighted by Crippen LogP contribution is 2.33. The van der Waals surface area contributed by atoms with Gasteiger partial charge in [0.2, 0.25) is 5.91 Å². The lowest BCUT2D eigenvalue weighted by Gasteiger charge is -2.43. The standard InChI is InChI=1S/C28H34N2O2/c31-26(17-20-3-1-2-4-20)18-21-5-7-22(8-6-21)23-9-11-25(12-10-23)29-28(32)27-19-30-15-13-24(27)14-16-30/h5-12,20,24,27H,1-4,13-19H2,(H,29,32)/t27-/m0/s1. The first-order chi connectivity index (χ1) is 15.6. The summed E-state index contributed by atoms with van der Waals surface area (Å²) < 4.78 is 0. The van der Waals surface area contributed by atoms with Crippen molar-refractivity contribution < 1.29 is 9.59 Å². The molecule has 0 radical (unpaired) electrons. The summed E-state index contributed by atoms with van der Waals surface area (Å²) in [5.74, 6) is 1.82. The van der Waals surface area contributed by atoms with Crippen molar-refractivity contribution in [3.05, 3.63) is 54.1 Å². The number of Topliss-reactive ketones (excluding diaryl/α,β-unsaturated/α-hetero) is 1. The van der Waals surface area contributed by atoms with Crippen molar-refractivity contribution in [1.29, 1.82) is 0 Å². The van der Waals surface area contributed by atoms with Gasteiger partial charge in [0.15, 0.2) is 0 Å². The van der Waals surface area contributed by atoms with Gasteiger partial charge in [0.25, 0.3) is 0 Å². The Morgan fingerprint density at radius 1 is 0.844 bits per heavy atom. The normalized spacial score (nSPS) is 25.1. The number of amides is 1. The van der Waals surface area contributed by atoms with Gasteiger partial charge in [-0.3, -0.25) is 9.59 Å². The molecule has 3 saturated heterocycles. The van der Waals surface area contributed by atoms with E-state index >= 15 is 0 Å². The Labute approximate surface area is 191 Å². The second-order valence-electron chi connectivity index (χ2n) is 10.1. The zero-order chi connectivity index (χ0) is 21.9. The first-order valence-corrected chi connectivity index (χ1v) is 12.4. The fourth-order valence-corrected chi connectivity index (χ4v) is 5.89. The molecule has 4 aliphatic rings. The van der Waals surface area contributed by atoms with Crippen LogP contribution in [0.1, 0.15) is 50.5 Å². The Morgan fingerprint density at radius 2 is 1.47 bits per heavy atom. The molecule has 4 heteroatoms. The van der Waals surface area contributed by atoms with Crippen LogP contribution in [0.25, 0.3) is 11.1 Å². The molecule has 3 heterocycles. The lowest BCUT2D eigenvalue weighted by molar-refractivity contribution is -0.125. The SMILES string of the molecule is O=C(Cc1ccc(-c2ccc(NC(=O)[C@H]3CN4CCC3CC4)cc2)cc1)CC1CCCC1. The van der Waals surface area contributed by atoms with Crippen molar-refractivity contribution in [1.82, 2.24) is 4.90 Å². The van der Waals surface area contributed by atoms with Crippen LogP contribution in [0.4, 0.5) is 5.69 Å². The highest BCUT2D eigenvalue weighted by atomic mass is 16.2. The fourth-order valence-electron chi connectivity index (χ4n) is 5.89. The topological polar surface area (TPSA) is 49.4 Å². The van der Waals surface area contributed by atoms with Crippen LogP contribution in [0.3, 0.4) is 0 Å². The lowest BCUT2D eigenvalue weighted by atomic mass is 9.78. The third-order valence-corrected chi connectivity index (χ3v) is 7.83. The molecule has 32 heavy (non-hydrogen) atoms. The molecule has 2 aromatic carbocycles. The Morgan fingerprint density at radius 3 is 2.06 bits per heavy atom. The fraction of sp³-hybridized carbons (Fsp3) is 0.500. The third kappa shape index (κ3) is 4.96. The number of ketones is 1. The summed E-state index contributed by atoms with van der Waals surface area (Å²) in [6.07, 6.45) is 8.61. The summed E-state index contributed by atoms with van der Waals surface area (Å²) in [5, 5.41) is 3.13. The van der Waals surface area contributed by atoms with E-state index in [1.807, 2.05) is 12.1 Å². The highest BCUT2D eigenvalue weighted by Gasteiger charge is 2.38. The molecule has 0 spiro atoms. The largest absolute Gasteiger partial charge is 0.326 e. The minimum absolute atomic E-state index is 0.126.